The number of para-hydroxylation sites is 1. The zero-order chi connectivity index (χ0) is 15.5. The first-order valence-corrected chi connectivity index (χ1v) is 8.36. The van der Waals surface area contributed by atoms with Crippen molar-refractivity contribution < 1.29 is 4.74 Å². The Labute approximate surface area is 130 Å². The molecule has 1 aromatic carbocycles. The van der Waals surface area contributed by atoms with E-state index in [1.54, 1.807) is 7.11 Å². The zero-order valence-corrected chi connectivity index (χ0v) is 14.3. The first-order chi connectivity index (χ1) is 9.96. The molecule has 1 aromatic rings. The van der Waals surface area contributed by atoms with Crippen LogP contribution in [-0.4, -0.2) is 13.2 Å². The van der Waals surface area contributed by atoms with Crippen molar-refractivity contribution in [3.8, 4) is 5.75 Å². The van der Waals surface area contributed by atoms with Gasteiger partial charge in [-0.05, 0) is 43.1 Å². The van der Waals surface area contributed by atoms with Gasteiger partial charge in [0.05, 0.1) is 7.11 Å². The molecule has 0 aliphatic heterocycles. The third kappa shape index (κ3) is 4.00. The van der Waals surface area contributed by atoms with E-state index in [0.29, 0.717) is 17.5 Å². The van der Waals surface area contributed by atoms with Gasteiger partial charge in [0.2, 0.25) is 0 Å². The molecule has 21 heavy (non-hydrogen) atoms. The van der Waals surface area contributed by atoms with Crippen LogP contribution in [0.3, 0.4) is 0 Å². The summed E-state index contributed by atoms with van der Waals surface area (Å²) in [7, 11) is 1.76. The molecule has 0 spiro atoms. The molecule has 1 saturated carbocycles. The topological polar surface area (TPSA) is 21.3 Å². The van der Waals surface area contributed by atoms with Gasteiger partial charge in [-0.1, -0.05) is 45.9 Å². The van der Waals surface area contributed by atoms with Gasteiger partial charge in [0.25, 0.3) is 0 Å². The van der Waals surface area contributed by atoms with Crippen LogP contribution < -0.4 is 10.1 Å². The van der Waals surface area contributed by atoms with E-state index in [-0.39, 0.29) is 0 Å². The minimum absolute atomic E-state index is 0.384. The highest BCUT2D eigenvalue weighted by molar-refractivity contribution is 5.35. The van der Waals surface area contributed by atoms with Crippen molar-refractivity contribution in [2.45, 2.75) is 65.5 Å². The Morgan fingerprint density at radius 1 is 1.33 bits per heavy atom. The van der Waals surface area contributed by atoms with Crippen LogP contribution in [0, 0.1) is 11.3 Å². The van der Waals surface area contributed by atoms with Crippen LogP contribution in [0.25, 0.3) is 0 Å². The minimum Gasteiger partial charge on any atom is -0.496 e. The van der Waals surface area contributed by atoms with Gasteiger partial charge in [0, 0.05) is 17.6 Å². The second kappa shape index (κ2) is 6.83. The first kappa shape index (κ1) is 16.4. The molecule has 2 heteroatoms. The van der Waals surface area contributed by atoms with E-state index >= 15 is 0 Å². The second-order valence-electron chi connectivity index (χ2n) is 7.36. The van der Waals surface area contributed by atoms with Crippen molar-refractivity contribution in [2.24, 2.45) is 11.3 Å². The van der Waals surface area contributed by atoms with Gasteiger partial charge in [-0.2, -0.15) is 0 Å². The van der Waals surface area contributed by atoms with Crippen molar-refractivity contribution in [2.75, 3.05) is 7.11 Å². The van der Waals surface area contributed by atoms with E-state index in [0.717, 1.165) is 18.1 Å². The maximum atomic E-state index is 5.54. The summed E-state index contributed by atoms with van der Waals surface area (Å²) < 4.78 is 5.54. The van der Waals surface area contributed by atoms with E-state index in [4.69, 9.17) is 4.74 Å². The van der Waals surface area contributed by atoms with Crippen LogP contribution in [0.2, 0.25) is 0 Å². The van der Waals surface area contributed by atoms with Crippen molar-refractivity contribution in [3.63, 3.8) is 0 Å². The molecular weight excluding hydrogens is 258 g/mol. The lowest BCUT2D eigenvalue weighted by Gasteiger charge is -2.41. The van der Waals surface area contributed by atoms with Gasteiger partial charge in [0.1, 0.15) is 5.75 Å². The summed E-state index contributed by atoms with van der Waals surface area (Å²) in [5.41, 5.74) is 1.79. The van der Waals surface area contributed by atoms with E-state index in [1.807, 2.05) is 6.07 Å². The predicted molar refractivity (Wildman–Crippen MR) is 89.7 cm³/mol. The third-order valence-corrected chi connectivity index (χ3v) is 5.03. The highest BCUT2D eigenvalue weighted by Crippen LogP contribution is 2.39. The molecule has 0 saturated heterocycles. The standard InChI is InChI=1S/C19H31NO/c1-6-16(15-9-7-8-10-18(15)21-5)20-17-11-12-19(3,4)13-14(17)2/h7-10,14,16-17,20H,6,11-13H2,1-5H3. The van der Waals surface area contributed by atoms with Crippen molar-refractivity contribution in [3.05, 3.63) is 29.8 Å². The summed E-state index contributed by atoms with van der Waals surface area (Å²) >= 11 is 0. The maximum Gasteiger partial charge on any atom is 0.123 e. The number of hydrogen-bond donors (Lipinski definition) is 1. The van der Waals surface area contributed by atoms with Gasteiger partial charge in [-0.3, -0.25) is 0 Å². The van der Waals surface area contributed by atoms with Gasteiger partial charge in [-0.15, -0.1) is 0 Å². The largest absolute Gasteiger partial charge is 0.496 e. The molecule has 0 heterocycles. The Kier molecular flexibility index (Phi) is 5.32. The van der Waals surface area contributed by atoms with Gasteiger partial charge in [0.15, 0.2) is 0 Å². The SMILES string of the molecule is CCC(NC1CCC(C)(C)CC1C)c1ccccc1OC. The van der Waals surface area contributed by atoms with E-state index < -0.39 is 0 Å². The van der Waals surface area contributed by atoms with Gasteiger partial charge >= 0.3 is 0 Å². The lowest BCUT2D eigenvalue weighted by Crippen LogP contribution is -2.43. The Morgan fingerprint density at radius 2 is 2.05 bits per heavy atom. The summed E-state index contributed by atoms with van der Waals surface area (Å²) in [6.07, 6.45) is 5.00. The molecule has 3 atom stereocenters. The number of ether oxygens (including phenoxy) is 1. The molecule has 0 amide bonds. The zero-order valence-electron chi connectivity index (χ0n) is 14.3. The fourth-order valence-electron chi connectivity index (χ4n) is 3.83. The molecule has 1 aliphatic carbocycles. The predicted octanol–water partition coefficient (Wildman–Crippen LogP) is 4.95. The van der Waals surface area contributed by atoms with Crippen LogP contribution in [-0.2, 0) is 0 Å². The molecule has 1 fully saturated rings. The number of rotatable bonds is 5. The van der Waals surface area contributed by atoms with E-state index in [2.05, 4.69) is 51.2 Å². The van der Waals surface area contributed by atoms with Crippen molar-refractivity contribution in [1.29, 1.82) is 0 Å². The maximum absolute atomic E-state index is 5.54. The summed E-state index contributed by atoms with van der Waals surface area (Å²) in [4.78, 5) is 0. The molecule has 118 valence electrons. The summed E-state index contributed by atoms with van der Waals surface area (Å²) in [5, 5.41) is 3.90. The average molecular weight is 289 g/mol. The third-order valence-electron chi connectivity index (χ3n) is 5.03. The fraction of sp³-hybridized carbons (Fsp3) is 0.684. The molecule has 2 rings (SSSR count). The summed E-state index contributed by atoms with van der Waals surface area (Å²) in [5.74, 6) is 1.73. The number of nitrogens with one attached hydrogen (secondary N) is 1. The van der Waals surface area contributed by atoms with Crippen molar-refractivity contribution >= 4 is 0 Å². The normalized spacial score (nSPS) is 26.3. The lowest BCUT2D eigenvalue weighted by molar-refractivity contribution is 0.140. The number of hydrogen-bond acceptors (Lipinski definition) is 2. The molecular formula is C19H31NO. The van der Waals surface area contributed by atoms with Gasteiger partial charge < -0.3 is 10.1 Å². The van der Waals surface area contributed by atoms with Crippen LogP contribution >= 0.6 is 0 Å². The summed E-state index contributed by atoms with van der Waals surface area (Å²) in [6.45, 7) is 9.45. The Hall–Kier alpha value is -1.02. The minimum atomic E-state index is 0.384. The molecule has 1 N–H and O–H groups in total. The number of methoxy groups -OCH3 is 1. The van der Waals surface area contributed by atoms with E-state index in [9.17, 15) is 0 Å². The Morgan fingerprint density at radius 3 is 2.67 bits per heavy atom. The number of benzene rings is 1. The highest BCUT2D eigenvalue weighted by Gasteiger charge is 2.33. The first-order valence-electron chi connectivity index (χ1n) is 8.36. The monoisotopic (exact) mass is 289 g/mol. The fourth-order valence-corrected chi connectivity index (χ4v) is 3.83. The lowest BCUT2D eigenvalue weighted by atomic mass is 9.70. The van der Waals surface area contributed by atoms with Crippen LogP contribution in [0.1, 0.15) is 65.0 Å². The Bertz CT molecular complexity index is 455. The molecule has 0 aromatic heterocycles. The van der Waals surface area contributed by atoms with Crippen LogP contribution in [0.15, 0.2) is 24.3 Å². The molecule has 0 bridgehead atoms. The summed E-state index contributed by atoms with van der Waals surface area (Å²) in [6, 6.07) is 9.41. The smallest absolute Gasteiger partial charge is 0.123 e. The molecule has 0 radical (unpaired) electrons. The average Bonchev–Trinajstić information content (AvgIpc) is 2.46. The quantitative estimate of drug-likeness (QED) is 0.828. The van der Waals surface area contributed by atoms with Gasteiger partial charge in [-0.25, -0.2) is 0 Å². The highest BCUT2D eigenvalue weighted by atomic mass is 16.5. The van der Waals surface area contributed by atoms with Crippen LogP contribution in [0.4, 0.5) is 0 Å². The second-order valence-corrected chi connectivity index (χ2v) is 7.36. The van der Waals surface area contributed by atoms with E-state index in [1.165, 1.54) is 24.8 Å². The van der Waals surface area contributed by atoms with Crippen molar-refractivity contribution in [1.82, 2.24) is 5.32 Å². The molecule has 1 aliphatic rings. The molecule has 2 nitrogen and oxygen atoms in total. The molecule has 3 unspecified atom stereocenters. The van der Waals surface area contributed by atoms with Crippen LogP contribution in [0.5, 0.6) is 5.75 Å². The Balaban J connectivity index is 2.09.